The second-order valence-corrected chi connectivity index (χ2v) is 12.6. The van der Waals surface area contributed by atoms with Crippen molar-refractivity contribution in [2.24, 2.45) is 11.8 Å². The van der Waals surface area contributed by atoms with Crippen LogP contribution in [0.15, 0.2) is 59.6 Å². The minimum Gasteiger partial charge on any atom is -0.386 e. The monoisotopic (exact) mass is 580 g/mol. The van der Waals surface area contributed by atoms with E-state index in [9.17, 15) is 36.6 Å². The summed E-state index contributed by atoms with van der Waals surface area (Å²) in [6.07, 6.45) is 0.555. The van der Waals surface area contributed by atoms with Gasteiger partial charge in [-0.15, -0.1) is 0 Å². The number of hydrogen-bond donors (Lipinski definition) is 3. The van der Waals surface area contributed by atoms with E-state index < -0.39 is 62.0 Å². The molecule has 0 aliphatic heterocycles. The highest BCUT2D eigenvalue weighted by molar-refractivity contribution is 7.92. The number of rotatable bonds is 6. The van der Waals surface area contributed by atoms with E-state index in [0.717, 1.165) is 30.5 Å². The molecular weight excluding hydrogens is 557 g/mol. The molecule has 3 unspecified atom stereocenters. The number of fused-ring (bicyclic) bond motifs is 2. The lowest BCUT2D eigenvalue weighted by Gasteiger charge is -2.45. The van der Waals surface area contributed by atoms with E-state index in [2.05, 4.69) is 10.3 Å². The van der Waals surface area contributed by atoms with Crippen LogP contribution in [0.4, 0.5) is 18.9 Å². The number of aliphatic hydroxyl groups is 2. The van der Waals surface area contributed by atoms with Gasteiger partial charge < -0.3 is 15.5 Å². The van der Waals surface area contributed by atoms with Crippen LogP contribution in [0.1, 0.15) is 47.8 Å². The molecule has 2 aliphatic rings. The molecule has 1 aromatic heterocycles. The van der Waals surface area contributed by atoms with Gasteiger partial charge in [0, 0.05) is 17.3 Å². The third-order valence-electron chi connectivity index (χ3n) is 7.85. The summed E-state index contributed by atoms with van der Waals surface area (Å²) in [5, 5.41) is 23.9. The Morgan fingerprint density at radius 1 is 1.03 bits per heavy atom. The van der Waals surface area contributed by atoms with E-state index in [0.29, 0.717) is 12.8 Å². The van der Waals surface area contributed by atoms with Crippen LogP contribution >= 0.6 is 11.6 Å². The van der Waals surface area contributed by atoms with Crippen molar-refractivity contribution in [2.75, 3.05) is 5.32 Å². The average molecular weight is 581 g/mol. The van der Waals surface area contributed by atoms with Gasteiger partial charge in [-0.3, -0.25) is 9.78 Å². The van der Waals surface area contributed by atoms with Crippen molar-refractivity contribution < 1.29 is 36.6 Å². The maximum atomic E-state index is 13.7. The van der Waals surface area contributed by atoms with Crippen molar-refractivity contribution in [2.45, 2.75) is 47.5 Å². The summed E-state index contributed by atoms with van der Waals surface area (Å²) < 4.78 is 67.5. The lowest BCUT2D eigenvalue weighted by atomic mass is 9.70. The summed E-state index contributed by atoms with van der Waals surface area (Å²) in [6.45, 7) is 0. The molecule has 3 aromatic rings. The van der Waals surface area contributed by atoms with Gasteiger partial charge in [0.25, 0.3) is 5.91 Å². The van der Waals surface area contributed by atoms with Crippen LogP contribution in [-0.4, -0.2) is 40.4 Å². The van der Waals surface area contributed by atoms with Crippen LogP contribution in [0.2, 0.25) is 5.02 Å². The van der Waals surface area contributed by atoms with Crippen molar-refractivity contribution in [1.29, 1.82) is 0 Å². The summed E-state index contributed by atoms with van der Waals surface area (Å²) >= 11 is 6.26. The first-order valence-electron chi connectivity index (χ1n) is 12.2. The summed E-state index contributed by atoms with van der Waals surface area (Å²) in [7, 11) is -4.09. The van der Waals surface area contributed by atoms with E-state index in [4.69, 9.17) is 11.6 Å². The highest BCUT2D eigenvalue weighted by atomic mass is 35.5. The van der Waals surface area contributed by atoms with Crippen LogP contribution in [0.25, 0.3) is 0 Å². The van der Waals surface area contributed by atoms with Gasteiger partial charge in [0.05, 0.1) is 27.1 Å². The molecule has 2 aliphatic carbocycles. The third-order valence-corrected chi connectivity index (χ3v) is 10.5. The minimum atomic E-state index is -4.09. The highest BCUT2D eigenvalue weighted by Gasteiger charge is 2.59. The molecular formula is C27H24ClF3N2O5S. The van der Waals surface area contributed by atoms with E-state index in [1.54, 1.807) is 0 Å². The Labute approximate surface area is 227 Å². The Hall–Kier alpha value is -2.99. The number of amides is 1. The Kier molecular flexibility index (Phi) is 7.21. The number of pyridine rings is 1. The fourth-order valence-electron chi connectivity index (χ4n) is 5.85. The van der Waals surface area contributed by atoms with E-state index >= 15 is 0 Å². The molecule has 12 heteroatoms. The largest absolute Gasteiger partial charge is 0.386 e. The molecule has 1 amide bonds. The highest BCUT2D eigenvalue weighted by Crippen LogP contribution is 2.56. The molecule has 0 spiro atoms. The standard InChI is InChI=1S/C27H24ClF3N2O5S/c28-20-6-1-14(26(35)33-18-5-7-21(30)22(31)12-18)9-24(20)39(37,38)19-10-15-2-3-16(11-19)27(15,36)25(34)23-8-4-17(29)13-32-23/h1,4-9,12-13,15-16,19,25,34,36H,2-3,10-11H2,(H,33,35)/t15-,16?,19?,25-,27?/m0/s1. The number of carbonyl (C=O) groups excluding carboxylic acids is 1. The van der Waals surface area contributed by atoms with Gasteiger partial charge in [-0.25, -0.2) is 21.6 Å². The minimum absolute atomic E-state index is 0.0180. The normalized spacial score (nSPS) is 25.3. The van der Waals surface area contributed by atoms with Crippen molar-refractivity contribution >= 4 is 33.0 Å². The first-order valence-corrected chi connectivity index (χ1v) is 14.2. The number of benzene rings is 2. The van der Waals surface area contributed by atoms with Crippen LogP contribution in [0.3, 0.4) is 0 Å². The van der Waals surface area contributed by atoms with E-state index in [1.165, 1.54) is 24.3 Å². The number of carbonyl (C=O) groups is 1. The molecule has 3 N–H and O–H groups in total. The topological polar surface area (TPSA) is 117 Å². The third kappa shape index (κ3) is 4.93. The molecule has 5 rings (SSSR count). The average Bonchev–Trinajstić information content (AvgIpc) is 3.06. The fourth-order valence-corrected chi connectivity index (χ4v) is 8.25. The molecule has 2 bridgehead atoms. The summed E-state index contributed by atoms with van der Waals surface area (Å²) in [6, 6.07) is 8.95. The molecule has 39 heavy (non-hydrogen) atoms. The van der Waals surface area contributed by atoms with Crippen LogP contribution < -0.4 is 5.32 Å². The first-order chi connectivity index (χ1) is 18.4. The Morgan fingerprint density at radius 2 is 1.72 bits per heavy atom. The smallest absolute Gasteiger partial charge is 0.255 e. The fraction of sp³-hybridized carbons (Fsp3) is 0.333. The van der Waals surface area contributed by atoms with Gasteiger partial charge in [-0.05, 0) is 80.0 Å². The van der Waals surface area contributed by atoms with Crippen molar-refractivity contribution in [3.05, 3.63) is 88.5 Å². The molecule has 7 nitrogen and oxygen atoms in total. The van der Waals surface area contributed by atoms with E-state index in [-0.39, 0.29) is 39.7 Å². The molecule has 5 atom stereocenters. The number of aliphatic hydroxyl groups excluding tert-OH is 1. The molecule has 2 aromatic carbocycles. The Balaban J connectivity index is 1.38. The van der Waals surface area contributed by atoms with E-state index in [1.807, 2.05) is 0 Å². The van der Waals surface area contributed by atoms with Gasteiger partial charge in [0.2, 0.25) is 0 Å². The summed E-state index contributed by atoms with van der Waals surface area (Å²) in [5.74, 6) is -4.72. The van der Waals surface area contributed by atoms with Crippen molar-refractivity contribution in [3.63, 3.8) is 0 Å². The molecule has 0 radical (unpaired) electrons. The lowest BCUT2D eigenvalue weighted by molar-refractivity contribution is -0.145. The van der Waals surface area contributed by atoms with Gasteiger partial charge in [-0.1, -0.05) is 11.6 Å². The van der Waals surface area contributed by atoms with Crippen LogP contribution in [0.5, 0.6) is 0 Å². The van der Waals surface area contributed by atoms with Crippen LogP contribution in [0, 0.1) is 29.3 Å². The van der Waals surface area contributed by atoms with Gasteiger partial charge >= 0.3 is 0 Å². The second-order valence-electron chi connectivity index (χ2n) is 10.0. The zero-order valence-corrected chi connectivity index (χ0v) is 21.9. The van der Waals surface area contributed by atoms with Crippen LogP contribution in [-0.2, 0) is 9.84 Å². The predicted molar refractivity (Wildman–Crippen MR) is 136 cm³/mol. The molecule has 206 valence electrons. The zero-order valence-electron chi connectivity index (χ0n) is 20.3. The number of anilines is 1. The Morgan fingerprint density at radius 3 is 2.33 bits per heavy atom. The first kappa shape index (κ1) is 27.6. The lowest BCUT2D eigenvalue weighted by Crippen LogP contribution is -2.52. The van der Waals surface area contributed by atoms with Gasteiger partial charge in [-0.2, -0.15) is 0 Å². The van der Waals surface area contributed by atoms with Crippen molar-refractivity contribution in [1.82, 2.24) is 4.98 Å². The van der Waals surface area contributed by atoms with Gasteiger partial charge in [0.1, 0.15) is 17.5 Å². The zero-order chi connectivity index (χ0) is 28.1. The van der Waals surface area contributed by atoms with Crippen molar-refractivity contribution in [3.8, 4) is 0 Å². The number of halogens is 4. The molecule has 2 saturated carbocycles. The number of sulfone groups is 1. The summed E-state index contributed by atoms with van der Waals surface area (Å²) in [5.41, 5.74) is -1.61. The number of aromatic nitrogens is 1. The molecule has 2 fully saturated rings. The predicted octanol–water partition coefficient (Wildman–Crippen LogP) is 4.83. The maximum Gasteiger partial charge on any atom is 0.255 e. The molecule has 0 saturated heterocycles. The second kappa shape index (κ2) is 10.2. The Bertz CT molecular complexity index is 1520. The number of hydrogen-bond acceptors (Lipinski definition) is 6. The van der Waals surface area contributed by atoms with Gasteiger partial charge in [0.15, 0.2) is 21.5 Å². The maximum absolute atomic E-state index is 13.7. The molecule has 1 heterocycles. The number of nitrogens with one attached hydrogen (secondary N) is 1. The quantitative estimate of drug-likeness (QED) is 0.384. The SMILES string of the molecule is O=C(Nc1ccc(F)c(F)c1)c1ccc(Cl)c(S(=O)(=O)C2CC3CC[C@@H](C2)C3(O)[C@@H](O)c2ccc(F)cn2)c1. The number of nitrogens with zero attached hydrogens (tertiary/aromatic N) is 1. The summed E-state index contributed by atoms with van der Waals surface area (Å²) in [4.78, 5) is 16.4.